The van der Waals surface area contributed by atoms with Crippen LogP contribution in [0.2, 0.25) is 0 Å². The lowest BCUT2D eigenvalue weighted by molar-refractivity contribution is -0.00589. The van der Waals surface area contributed by atoms with Crippen molar-refractivity contribution in [3.05, 3.63) is 59.9 Å². The van der Waals surface area contributed by atoms with Gasteiger partial charge < -0.3 is 5.11 Å². The summed E-state index contributed by atoms with van der Waals surface area (Å²) in [5, 5.41) is 9.96. The molecule has 2 aromatic rings. The van der Waals surface area contributed by atoms with Gasteiger partial charge >= 0.3 is 0 Å². The molecule has 4 nitrogen and oxygen atoms in total. The monoisotopic (exact) mass is 351 g/mol. The number of pyridine rings is 1. The van der Waals surface area contributed by atoms with Crippen LogP contribution in [0.4, 0.5) is 0 Å². The molecule has 26 heavy (non-hydrogen) atoms. The highest BCUT2D eigenvalue weighted by Gasteiger charge is 2.44. The molecule has 138 valence electrons. The van der Waals surface area contributed by atoms with E-state index in [2.05, 4.69) is 46.8 Å². The number of aromatic hydroxyl groups is 1. The van der Waals surface area contributed by atoms with Gasteiger partial charge in [-0.15, -0.1) is 0 Å². The van der Waals surface area contributed by atoms with E-state index in [0.717, 1.165) is 44.8 Å². The number of hydrogen-bond acceptors (Lipinski definition) is 4. The van der Waals surface area contributed by atoms with Gasteiger partial charge in [0.2, 0.25) is 0 Å². The van der Waals surface area contributed by atoms with E-state index in [1.165, 1.54) is 5.56 Å². The number of benzene rings is 1. The number of hydrogen-bond donors (Lipinski definition) is 1. The predicted molar refractivity (Wildman–Crippen MR) is 104 cm³/mol. The van der Waals surface area contributed by atoms with Crippen molar-refractivity contribution in [2.45, 2.75) is 38.3 Å². The van der Waals surface area contributed by atoms with Gasteiger partial charge in [0.05, 0.1) is 5.69 Å². The van der Waals surface area contributed by atoms with Crippen LogP contribution < -0.4 is 0 Å². The molecule has 2 unspecified atom stereocenters. The second-order valence-electron chi connectivity index (χ2n) is 8.28. The minimum atomic E-state index is 0.105. The Morgan fingerprint density at radius 2 is 2.04 bits per heavy atom. The smallest absolute Gasteiger partial charge is 0.115 e. The standard InChI is InChI=1S/C22H29N3O/c1-17-14-25-11-10-24(15-19-7-3-4-9-23-19)16-20(25)13-22(17,2)18-6-5-8-21(26)12-18/h3-9,12,17,20,26H,10-11,13-16H2,1-2H3/t17?,20?,22-/m1/s1. The topological polar surface area (TPSA) is 39.6 Å². The molecule has 1 aromatic heterocycles. The molecule has 1 aromatic carbocycles. The lowest BCUT2D eigenvalue weighted by Crippen LogP contribution is -2.60. The number of phenols is 1. The fourth-order valence-electron chi connectivity index (χ4n) is 4.76. The average Bonchev–Trinajstić information content (AvgIpc) is 2.64. The molecule has 2 aliphatic heterocycles. The minimum Gasteiger partial charge on any atom is -0.508 e. The lowest BCUT2D eigenvalue weighted by Gasteiger charge is -2.53. The summed E-state index contributed by atoms with van der Waals surface area (Å²) in [5.74, 6) is 0.946. The third kappa shape index (κ3) is 3.36. The van der Waals surface area contributed by atoms with Crippen LogP contribution in [-0.2, 0) is 12.0 Å². The van der Waals surface area contributed by atoms with Gasteiger partial charge in [-0.25, -0.2) is 0 Å². The van der Waals surface area contributed by atoms with E-state index < -0.39 is 0 Å². The highest BCUT2D eigenvalue weighted by Crippen LogP contribution is 2.43. The van der Waals surface area contributed by atoms with Crippen molar-refractivity contribution >= 4 is 0 Å². The zero-order valence-electron chi connectivity index (χ0n) is 15.8. The van der Waals surface area contributed by atoms with Gasteiger partial charge in [-0.05, 0) is 47.6 Å². The van der Waals surface area contributed by atoms with Crippen LogP contribution in [0.15, 0.2) is 48.7 Å². The maximum atomic E-state index is 9.96. The van der Waals surface area contributed by atoms with E-state index in [1.54, 1.807) is 6.07 Å². The maximum Gasteiger partial charge on any atom is 0.115 e. The molecule has 0 aliphatic carbocycles. The highest BCUT2D eigenvalue weighted by atomic mass is 16.3. The second kappa shape index (κ2) is 7.01. The molecule has 0 bridgehead atoms. The van der Waals surface area contributed by atoms with E-state index in [0.29, 0.717) is 17.7 Å². The van der Waals surface area contributed by atoms with Gasteiger partial charge in [0.15, 0.2) is 0 Å². The van der Waals surface area contributed by atoms with Gasteiger partial charge in [0, 0.05) is 45.0 Å². The van der Waals surface area contributed by atoms with Crippen LogP contribution in [0.25, 0.3) is 0 Å². The number of aromatic nitrogens is 1. The zero-order valence-corrected chi connectivity index (χ0v) is 15.8. The first kappa shape index (κ1) is 17.5. The summed E-state index contributed by atoms with van der Waals surface area (Å²) >= 11 is 0. The third-order valence-corrected chi connectivity index (χ3v) is 6.56. The summed E-state index contributed by atoms with van der Waals surface area (Å²) in [6, 6.07) is 14.6. The number of phenolic OH excluding ortho intramolecular Hbond substituents is 1. The fraction of sp³-hybridized carbons (Fsp3) is 0.500. The summed E-state index contributed by atoms with van der Waals surface area (Å²) in [4.78, 5) is 9.71. The van der Waals surface area contributed by atoms with Crippen LogP contribution in [0.1, 0.15) is 31.5 Å². The molecule has 2 saturated heterocycles. The number of rotatable bonds is 3. The molecule has 2 aliphatic rings. The SMILES string of the molecule is CC1CN2CCN(Cc3ccccn3)CC2C[C@@]1(C)c1cccc(O)c1. The summed E-state index contributed by atoms with van der Waals surface area (Å²) in [6.07, 6.45) is 3.02. The van der Waals surface area contributed by atoms with E-state index in [1.807, 2.05) is 24.4 Å². The first-order chi connectivity index (χ1) is 12.5. The Bertz CT molecular complexity index is 750. The van der Waals surface area contributed by atoms with Crippen LogP contribution in [-0.4, -0.2) is 52.1 Å². The molecule has 0 radical (unpaired) electrons. The van der Waals surface area contributed by atoms with Gasteiger partial charge in [0.25, 0.3) is 0 Å². The van der Waals surface area contributed by atoms with Crippen molar-refractivity contribution in [2.75, 3.05) is 26.2 Å². The Morgan fingerprint density at radius 1 is 1.15 bits per heavy atom. The van der Waals surface area contributed by atoms with Crippen LogP contribution >= 0.6 is 0 Å². The van der Waals surface area contributed by atoms with Gasteiger partial charge in [-0.2, -0.15) is 0 Å². The zero-order chi connectivity index (χ0) is 18.1. The quantitative estimate of drug-likeness (QED) is 0.921. The number of piperazine rings is 1. The van der Waals surface area contributed by atoms with Crippen LogP contribution in [0, 0.1) is 5.92 Å². The largest absolute Gasteiger partial charge is 0.508 e. The van der Waals surface area contributed by atoms with Crippen molar-refractivity contribution in [1.82, 2.24) is 14.8 Å². The van der Waals surface area contributed by atoms with Gasteiger partial charge in [-0.1, -0.05) is 32.0 Å². The molecule has 4 rings (SSSR count). The second-order valence-corrected chi connectivity index (χ2v) is 8.28. The van der Waals surface area contributed by atoms with Crippen LogP contribution in [0.5, 0.6) is 5.75 Å². The number of nitrogens with zero attached hydrogens (tertiary/aromatic N) is 3. The lowest BCUT2D eigenvalue weighted by atomic mass is 9.65. The molecular formula is C22H29N3O. The molecule has 4 heteroatoms. The molecule has 0 spiro atoms. The van der Waals surface area contributed by atoms with Gasteiger partial charge in [0.1, 0.15) is 5.75 Å². The van der Waals surface area contributed by atoms with E-state index in [-0.39, 0.29) is 5.41 Å². The van der Waals surface area contributed by atoms with E-state index in [4.69, 9.17) is 0 Å². The van der Waals surface area contributed by atoms with Crippen molar-refractivity contribution in [1.29, 1.82) is 0 Å². The molecule has 0 saturated carbocycles. The average molecular weight is 351 g/mol. The first-order valence-corrected chi connectivity index (χ1v) is 9.70. The summed E-state index contributed by atoms with van der Waals surface area (Å²) in [7, 11) is 0. The van der Waals surface area contributed by atoms with Crippen LogP contribution in [0.3, 0.4) is 0 Å². The Hall–Kier alpha value is -1.91. The molecule has 3 atom stereocenters. The normalized spacial score (nSPS) is 30.1. The Balaban J connectivity index is 1.50. The molecule has 0 amide bonds. The third-order valence-electron chi connectivity index (χ3n) is 6.56. The van der Waals surface area contributed by atoms with Crippen molar-refractivity contribution in [3.8, 4) is 5.75 Å². The molecular weight excluding hydrogens is 322 g/mol. The van der Waals surface area contributed by atoms with Crippen molar-refractivity contribution < 1.29 is 5.11 Å². The first-order valence-electron chi connectivity index (χ1n) is 9.70. The summed E-state index contributed by atoms with van der Waals surface area (Å²) < 4.78 is 0. The van der Waals surface area contributed by atoms with E-state index >= 15 is 0 Å². The Morgan fingerprint density at radius 3 is 2.81 bits per heavy atom. The number of piperidine rings is 1. The van der Waals surface area contributed by atoms with Crippen molar-refractivity contribution in [2.24, 2.45) is 5.92 Å². The van der Waals surface area contributed by atoms with Gasteiger partial charge in [-0.3, -0.25) is 14.8 Å². The highest BCUT2D eigenvalue weighted by molar-refractivity contribution is 5.34. The molecule has 3 heterocycles. The molecule has 1 N–H and O–H groups in total. The Kier molecular flexibility index (Phi) is 4.72. The summed E-state index contributed by atoms with van der Waals surface area (Å²) in [5.41, 5.74) is 2.53. The molecule has 2 fully saturated rings. The number of fused-ring (bicyclic) bond motifs is 1. The fourth-order valence-corrected chi connectivity index (χ4v) is 4.76. The minimum absolute atomic E-state index is 0.105. The van der Waals surface area contributed by atoms with E-state index in [9.17, 15) is 5.11 Å². The summed E-state index contributed by atoms with van der Waals surface area (Å²) in [6.45, 7) is 10.2. The predicted octanol–water partition coefficient (Wildman–Crippen LogP) is 3.27. The Labute approximate surface area is 156 Å². The maximum absolute atomic E-state index is 9.96. The van der Waals surface area contributed by atoms with Crippen molar-refractivity contribution in [3.63, 3.8) is 0 Å².